The van der Waals surface area contributed by atoms with Gasteiger partial charge < -0.3 is 0 Å². The molecule has 1 aromatic carbocycles. The topological polar surface area (TPSA) is 0 Å². The molecule has 1 rings (SSSR count). The lowest BCUT2D eigenvalue weighted by atomic mass is 9.79. The van der Waals surface area contributed by atoms with E-state index < -0.39 is 0 Å². The van der Waals surface area contributed by atoms with Crippen LogP contribution in [0, 0.1) is 0 Å². The standard InChI is InChI=1S/C16H27P/c1-11(17)12-8-13(15(2,3)4)10-14(9-12)16(5,6)7/h8-11H,17H2,1-7H3. The quantitative estimate of drug-likeness (QED) is 0.600. The molecule has 2 atom stereocenters. The molecule has 0 aromatic heterocycles. The minimum Gasteiger partial charge on any atom is -0.130 e. The van der Waals surface area contributed by atoms with Crippen LogP contribution in [0.25, 0.3) is 0 Å². The molecule has 0 nitrogen and oxygen atoms in total. The third kappa shape index (κ3) is 3.81. The van der Waals surface area contributed by atoms with Crippen LogP contribution in [-0.4, -0.2) is 0 Å². The van der Waals surface area contributed by atoms with E-state index >= 15 is 0 Å². The zero-order chi connectivity index (χ0) is 13.4. The zero-order valence-electron chi connectivity index (χ0n) is 12.4. The highest BCUT2D eigenvalue weighted by Crippen LogP contribution is 2.33. The summed E-state index contributed by atoms with van der Waals surface area (Å²) in [6.45, 7) is 15.9. The molecular weight excluding hydrogens is 223 g/mol. The lowest BCUT2D eigenvalue weighted by Crippen LogP contribution is -2.17. The van der Waals surface area contributed by atoms with Crippen molar-refractivity contribution in [2.75, 3.05) is 0 Å². The molecule has 0 aliphatic carbocycles. The maximum absolute atomic E-state index is 2.90. The smallest absolute Gasteiger partial charge is 0.00426 e. The lowest BCUT2D eigenvalue weighted by molar-refractivity contribution is 0.567. The molecule has 0 saturated heterocycles. The second-order valence-corrected chi connectivity index (χ2v) is 8.13. The molecular formula is C16H27P. The van der Waals surface area contributed by atoms with Crippen molar-refractivity contribution in [1.82, 2.24) is 0 Å². The van der Waals surface area contributed by atoms with E-state index in [1.807, 2.05) is 0 Å². The summed E-state index contributed by atoms with van der Waals surface area (Å²) >= 11 is 0. The van der Waals surface area contributed by atoms with Crippen molar-refractivity contribution in [2.24, 2.45) is 0 Å². The molecule has 17 heavy (non-hydrogen) atoms. The van der Waals surface area contributed by atoms with Crippen molar-refractivity contribution in [2.45, 2.75) is 65.0 Å². The van der Waals surface area contributed by atoms with Crippen molar-refractivity contribution in [3.63, 3.8) is 0 Å². The summed E-state index contributed by atoms with van der Waals surface area (Å²) in [5.41, 5.74) is 5.25. The van der Waals surface area contributed by atoms with Crippen LogP contribution in [0.2, 0.25) is 0 Å². The highest BCUT2D eigenvalue weighted by atomic mass is 31.0. The molecule has 96 valence electrons. The van der Waals surface area contributed by atoms with Gasteiger partial charge >= 0.3 is 0 Å². The van der Waals surface area contributed by atoms with Crippen LogP contribution in [0.3, 0.4) is 0 Å². The fourth-order valence-corrected chi connectivity index (χ4v) is 1.97. The second kappa shape index (κ2) is 4.73. The van der Waals surface area contributed by atoms with Gasteiger partial charge in [0.15, 0.2) is 0 Å². The van der Waals surface area contributed by atoms with Crippen LogP contribution in [0.1, 0.15) is 70.8 Å². The fourth-order valence-electron chi connectivity index (χ4n) is 1.78. The third-order valence-electron chi connectivity index (χ3n) is 3.21. The third-order valence-corrected chi connectivity index (χ3v) is 3.60. The monoisotopic (exact) mass is 250 g/mol. The Morgan fingerprint density at radius 3 is 1.41 bits per heavy atom. The summed E-state index contributed by atoms with van der Waals surface area (Å²) in [4.78, 5) is 0. The number of rotatable bonds is 1. The van der Waals surface area contributed by atoms with Crippen molar-refractivity contribution in [1.29, 1.82) is 0 Å². The minimum atomic E-state index is 0.218. The summed E-state index contributed by atoms with van der Waals surface area (Å²) in [6, 6.07) is 7.08. The van der Waals surface area contributed by atoms with Crippen LogP contribution in [0.15, 0.2) is 18.2 Å². The average molecular weight is 250 g/mol. The Balaban J connectivity index is 3.40. The van der Waals surface area contributed by atoms with E-state index in [1.54, 1.807) is 0 Å². The predicted molar refractivity (Wildman–Crippen MR) is 82.0 cm³/mol. The Morgan fingerprint density at radius 2 is 1.18 bits per heavy atom. The fraction of sp³-hybridized carbons (Fsp3) is 0.625. The highest BCUT2D eigenvalue weighted by molar-refractivity contribution is 7.17. The van der Waals surface area contributed by atoms with Crippen LogP contribution in [0.5, 0.6) is 0 Å². The molecule has 0 N–H and O–H groups in total. The summed E-state index contributed by atoms with van der Waals surface area (Å²) in [7, 11) is 2.90. The number of benzene rings is 1. The van der Waals surface area contributed by atoms with Gasteiger partial charge in [0.2, 0.25) is 0 Å². The Kier molecular flexibility index (Phi) is 4.09. The Labute approximate surface area is 109 Å². The number of hydrogen-bond donors (Lipinski definition) is 0. The van der Waals surface area contributed by atoms with Gasteiger partial charge in [0.1, 0.15) is 0 Å². The van der Waals surface area contributed by atoms with E-state index in [-0.39, 0.29) is 10.8 Å². The Bertz CT molecular complexity index is 357. The van der Waals surface area contributed by atoms with Gasteiger partial charge in [-0.2, -0.15) is 0 Å². The number of hydrogen-bond acceptors (Lipinski definition) is 0. The molecule has 2 unspecified atom stereocenters. The van der Waals surface area contributed by atoms with Crippen LogP contribution in [0.4, 0.5) is 0 Å². The molecule has 1 heteroatoms. The molecule has 1 aromatic rings. The second-order valence-electron chi connectivity index (χ2n) is 7.13. The van der Waals surface area contributed by atoms with E-state index in [9.17, 15) is 0 Å². The first kappa shape index (κ1) is 14.7. The largest absolute Gasteiger partial charge is 0.130 e. The Hall–Kier alpha value is -0.350. The van der Waals surface area contributed by atoms with Gasteiger partial charge in [0.05, 0.1) is 0 Å². The molecule has 0 saturated carbocycles. The van der Waals surface area contributed by atoms with Gasteiger partial charge in [-0.25, -0.2) is 0 Å². The Morgan fingerprint density at radius 1 is 0.824 bits per heavy atom. The highest BCUT2D eigenvalue weighted by Gasteiger charge is 2.20. The van der Waals surface area contributed by atoms with E-state index in [0.717, 1.165) is 0 Å². The molecule has 0 aliphatic rings. The molecule has 0 fully saturated rings. The molecule has 0 aliphatic heterocycles. The SMILES string of the molecule is CC(P)c1cc(C(C)(C)C)cc(C(C)(C)C)c1. The summed E-state index contributed by atoms with van der Waals surface area (Å²) in [6.07, 6.45) is 0. The van der Waals surface area contributed by atoms with Crippen LogP contribution >= 0.6 is 9.24 Å². The first-order valence-electron chi connectivity index (χ1n) is 6.43. The zero-order valence-corrected chi connectivity index (χ0v) is 13.5. The first-order chi connectivity index (χ1) is 7.51. The summed E-state index contributed by atoms with van der Waals surface area (Å²) in [5, 5.41) is 0. The van der Waals surface area contributed by atoms with Crippen LogP contribution < -0.4 is 0 Å². The van der Waals surface area contributed by atoms with E-state index in [4.69, 9.17) is 0 Å². The van der Waals surface area contributed by atoms with Crippen LogP contribution in [-0.2, 0) is 10.8 Å². The van der Waals surface area contributed by atoms with Crippen molar-refractivity contribution in [3.8, 4) is 0 Å². The molecule has 0 heterocycles. The van der Waals surface area contributed by atoms with Gasteiger partial charge in [-0.05, 0) is 33.2 Å². The van der Waals surface area contributed by atoms with Crippen molar-refractivity contribution < 1.29 is 0 Å². The summed E-state index contributed by atoms with van der Waals surface area (Å²) < 4.78 is 0. The van der Waals surface area contributed by atoms with E-state index in [1.165, 1.54) is 16.7 Å². The van der Waals surface area contributed by atoms with E-state index in [0.29, 0.717) is 5.66 Å². The van der Waals surface area contributed by atoms with Gasteiger partial charge in [0, 0.05) is 0 Å². The van der Waals surface area contributed by atoms with Gasteiger partial charge in [-0.15, -0.1) is 9.24 Å². The normalized spacial score (nSPS) is 14.8. The molecule has 0 radical (unpaired) electrons. The molecule has 0 bridgehead atoms. The maximum atomic E-state index is 2.90. The van der Waals surface area contributed by atoms with Gasteiger partial charge in [-0.3, -0.25) is 0 Å². The van der Waals surface area contributed by atoms with Crippen molar-refractivity contribution >= 4 is 9.24 Å². The van der Waals surface area contributed by atoms with Gasteiger partial charge in [-0.1, -0.05) is 66.7 Å². The first-order valence-corrected chi connectivity index (χ1v) is 7.10. The molecule has 0 amide bonds. The predicted octanol–water partition coefficient (Wildman–Crippen LogP) is 5.22. The summed E-state index contributed by atoms with van der Waals surface area (Å²) in [5.74, 6) is 0. The average Bonchev–Trinajstić information content (AvgIpc) is 2.14. The molecule has 0 spiro atoms. The van der Waals surface area contributed by atoms with Crippen molar-refractivity contribution in [3.05, 3.63) is 34.9 Å². The van der Waals surface area contributed by atoms with Gasteiger partial charge in [0.25, 0.3) is 0 Å². The lowest BCUT2D eigenvalue weighted by Gasteiger charge is -2.27. The minimum absolute atomic E-state index is 0.218. The van der Waals surface area contributed by atoms with E-state index in [2.05, 4.69) is 75.9 Å². The maximum Gasteiger partial charge on any atom is -0.00426 e.